The molecule has 0 fully saturated rings. The van der Waals surface area contributed by atoms with Crippen molar-refractivity contribution in [2.45, 2.75) is 13.1 Å². The summed E-state index contributed by atoms with van der Waals surface area (Å²) in [5.74, 6) is -0.339. The molecule has 2 aromatic rings. The average molecular weight is 226 g/mol. The van der Waals surface area contributed by atoms with Crippen LogP contribution >= 0.6 is 0 Å². The third kappa shape index (κ3) is 1.71. The summed E-state index contributed by atoms with van der Waals surface area (Å²) >= 11 is 0. The minimum Gasteiger partial charge on any atom is -0.507 e. The zero-order valence-corrected chi connectivity index (χ0v) is 8.47. The van der Waals surface area contributed by atoms with Crippen LogP contribution in [0.15, 0.2) is 30.3 Å². The lowest BCUT2D eigenvalue weighted by Gasteiger charge is -2.10. The van der Waals surface area contributed by atoms with E-state index in [1.807, 2.05) is 0 Å². The predicted octanol–water partition coefficient (Wildman–Crippen LogP) is 3.87. The number of alkyl halides is 3. The van der Waals surface area contributed by atoms with Gasteiger partial charge < -0.3 is 5.11 Å². The highest BCUT2D eigenvalue weighted by Gasteiger charge is 2.31. The molecule has 0 unspecified atom stereocenters. The van der Waals surface area contributed by atoms with Gasteiger partial charge in [-0.1, -0.05) is 18.2 Å². The molecule has 84 valence electrons. The summed E-state index contributed by atoms with van der Waals surface area (Å²) in [4.78, 5) is 0. The molecule has 0 bridgehead atoms. The number of rotatable bonds is 0. The van der Waals surface area contributed by atoms with Crippen molar-refractivity contribution in [3.63, 3.8) is 0 Å². The maximum atomic E-state index is 12.5. The summed E-state index contributed by atoms with van der Waals surface area (Å²) < 4.78 is 37.5. The largest absolute Gasteiger partial charge is 0.507 e. The first kappa shape index (κ1) is 10.8. The molecule has 0 radical (unpaired) electrons. The second-order valence-electron chi connectivity index (χ2n) is 3.66. The quantitative estimate of drug-likeness (QED) is 0.722. The first-order valence-electron chi connectivity index (χ1n) is 4.69. The number of aromatic hydroxyl groups is 1. The normalized spacial score (nSPS) is 12.0. The van der Waals surface area contributed by atoms with E-state index in [0.29, 0.717) is 16.3 Å². The molecule has 2 aromatic carbocycles. The van der Waals surface area contributed by atoms with Crippen molar-refractivity contribution in [3.05, 3.63) is 41.5 Å². The molecule has 0 aliphatic rings. The van der Waals surface area contributed by atoms with Gasteiger partial charge in [-0.2, -0.15) is 13.2 Å². The van der Waals surface area contributed by atoms with Crippen LogP contribution in [0.3, 0.4) is 0 Å². The van der Waals surface area contributed by atoms with Crippen molar-refractivity contribution in [3.8, 4) is 5.75 Å². The molecule has 1 N–H and O–H groups in total. The van der Waals surface area contributed by atoms with Gasteiger partial charge in [0.25, 0.3) is 0 Å². The zero-order chi connectivity index (χ0) is 11.9. The molecule has 0 heterocycles. The molecule has 0 aromatic heterocycles. The molecule has 0 saturated heterocycles. The van der Waals surface area contributed by atoms with Gasteiger partial charge in [-0.3, -0.25) is 0 Å². The van der Waals surface area contributed by atoms with Crippen molar-refractivity contribution >= 4 is 10.8 Å². The van der Waals surface area contributed by atoms with Crippen LogP contribution in [0.2, 0.25) is 0 Å². The molecule has 1 nitrogen and oxygen atoms in total. The van der Waals surface area contributed by atoms with E-state index in [-0.39, 0.29) is 5.75 Å². The van der Waals surface area contributed by atoms with Crippen molar-refractivity contribution in [2.24, 2.45) is 0 Å². The van der Waals surface area contributed by atoms with E-state index in [9.17, 15) is 18.3 Å². The number of aryl methyl sites for hydroxylation is 1. The van der Waals surface area contributed by atoms with E-state index in [1.165, 1.54) is 0 Å². The summed E-state index contributed by atoms with van der Waals surface area (Å²) in [6, 6.07) is 6.82. The summed E-state index contributed by atoms with van der Waals surface area (Å²) in [6.45, 7) is 1.71. The highest BCUT2D eigenvalue weighted by molar-refractivity contribution is 5.91. The number of benzene rings is 2. The summed E-state index contributed by atoms with van der Waals surface area (Å²) in [5.41, 5.74) is -0.120. The maximum absolute atomic E-state index is 12.5. The molecule has 4 heteroatoms. The van der Waals surface area contributed by atoms with Crippen molar-refractivity contribution in [1.29, 1.82) is 0 Å². The Hall–Kier alpha value is -1.71. The van der Waals surface area contributed by atoms with Gasteiger partial charge in [0.15, 0.2) is 0 Å². The van der Waals surface area contributed by atoms with Crippen molar-refractivity contribution in [2.75, 3.05) is 0 Å². The van der Waals surface area contributed by atoms with Crippen LogP contribution in [-0.4, -0.2) is 5.11 Å². The molecular weight excluding hydrogens is 217 g/mol. The number of phenols is 1. The molecular formula is C12H9F3O. The lowest BCUT2D eigenvalue weighted by molar-refractivity contribution is -0.137. The van der Waals surface area contributed by atoms with Crippen LogP contribution in [0, 0.1) is 6.92 Å². The highest BCUT2D eigenvalue weighted by atomic mass is 19.4. The topological polar surface area (TPSA) is 20.2 Å². The van der Waals surface area contributed by atoms with Gasteiger partial charge in [0.05, 0.1) is 5.56 Å². The summed E-state index contributed by atoms with van der Waals surface area (Å²) in [5, 5.41) is 10.4. The Morgan fingerprint density at radius 3 is 2.38 bits per heavy atom. The van der Waals surface area contributed by atoms with Crippen LogP contribution in [0.5, 0.6) is 5.75 Å². The molecule has 0 aliphatic heterocycles. The Morgan fingerprint density at radius 2 is 1.75 bits per heavy atom. The summed E-state index contributed by atoms with van der Waals surface area (Å²) in [6.07, 6.45) is -4.44. The van der Waals surface area contributed by atoms with Crippen molar-refractivity contribution in [1.82, 2.24) is 0 Å². The molecule has 2 rings (SSSR count). The van der Waals surface area contributed by atoms with Crippen LogP contribution < -0.4 is 0 Å². The van der Waals surface area contributed by atoms with Gasteiger partial charge in [-0.05, 0) is 30.0 Å². The Bertz CT molecular complexity index is 544. The van der Waals surface area contributed by atoms with Gasteiger partial charge in [0.2, 0.25) is 0 Å². The van der Waals surface area contributed by atoms with Crippen LogP contribution in [0.25, 0.3) is 10.8 Å². The molecule has 0 spiro atoms. The third-order valence-electron chi connectivity index (χ3n) is 2.52. The molecule has 16 heavy (non-hydrogen) atoms. The number of phenolic OH excluding ortho intramolecular Hbond substituents is 1. The Balaban J connectivity index is 2.81. The van der Waals surface area contributed by atoms with E-state index in [2.05, 4.69) is 0 Å². The third-order valence-corrected chi connectivity index (χ3v) is 2.52. The van der Waals surface area contributed by atoms with Crippen LogP contribution in [-0.2, 0) is 6.18 Å². The predicted molar refractivity (Wildman–Crippen MR) is 55.4 cm³/mol. The van der Waals surface area contributed by atoms with E-state index in [4.69, 9.17) is 0 Å². The number of fused-ring (bicyclic) bond motifs is 1. The minimum absolute atomic E-state index is 0.339. The zero-order valence-electron chi connectivity index (χ0n) is 8.47. The molecule has 0 amide bonds. The average Bonchev–Trinajstić information content (AvgIpc) is 2.18. The number of hydrogen-bond donors (Lipinski definition) is 1. The monoisotopic (exact) mass is 226 g/mol. The van der Waals surface area contributed by atoms with Crippen LogP contribution in [0.1, 0.15) is 11.1 Å². The summed E-state index contributed by atoms with van der Waals surface area (Å²) in [7, 11) is 0. The fraction of sp³-hybridized carbons (Fsp3) is 0.167. The minimum atomic E-state index is -4.44. The van der Waals surface area contributed by atoms with Gasteiger partial charge >= 0.3 is 6.18 Å². The molecule has 0 aliphatic carbocycles. The van der Waals surface area contributed by atoms with E-state index in [1.54, 1.807) is 25.1 Å². The van der Waals surface area contributed by atoms with Gasteiger partial charge in [-0.15, -0.1) is 0 Å². The van der Waals surface area contributed by atoms with Gasteiger partial charge in [-0.25, -0.2) is 0 Å². The SMILES string of the molecule is Cc1cccc2c(O)cc(C(F)(F)F)cc12. The Morgan fingerprint density at radius 1 is 1.06 bits per heavy atom. The first-order valence-corrected chi connectivity index (χ1v) is 4.69. The van der Waals surface area contributed by atoms with Crippen LogP contribution in [0.4, 0.5) is 13.2 Å². The molecule has 0 saturated carbocycles. The standard InChI is InChI=1S/C12H9F3O/c1-7-3-2-4-9-10(7)5-8(6-11(9)16)12(13,14)15/h2-6,16H,1H3. The van der Waals surface area contributed by atoms with E-state index in [0.717, 1.165) is 12.1 Å². The molecule has 0 atom stereocenters. The number of halogens is 3. The number of hydrogen-bond acceptors (Lipinski definition) is 1. The smallest absolute Gasteiger partial charge is 0.416 e. The second kappa shape index (κ2) is 3.40. The lowest BCUT2D eigenvalue weighted by Crippen LogP contribution is -2.04. The Kier molecular flexibility index (Phi) is 2.30. The van der Waals surface area contributed by atoms with Gasteiger partial charge in [0.1, 0.15) is 5.75 Å². The fourth-order valence-corrected chi connectivity index (χ4v) is 1.68. The first-order chi connectivity index (χ1) is 7.39. The Labute approximate surface area is 90.1 Å². The van der Waals surface area contributed by atoms with E-state index >= 15 is 0 Å². The fourth-order valence-electron chi connectivity index (χ4n) is 1.68. The second-order valence-corrected chi connectivity index (χ2v) is 3.66. The maximum Gasteiger partial charge on any atom is 0.416 e. The lowest BCUT2D eigenvalue weighted by atomic mass is 10.0. The highest BCUT2D eigenvalue weighted by Crippen LogP contribution is 2.36. The van der Waals surface area contributed by atoms with Gasteiger partial charge in [0, 0.05) is 5.39 Å². The van der Waals surface area contributed by atoms with Crippen molar-refractivity contribution < 1.29 is 18.3 Å². The van der Waals surface area contributed by atoms with E-state index < -0.39 is 11.7 Å².